The minimum atomic E-state index is -3.96. The van der Waals surface area contributed by atoms with Gasteiger partial charge in [0.2, 0.25) is 0 Å². The van der Waals surface area contributed by atoms with Crippen molar-refractivity contribution in [1.29, 1.82) is 0 Å². The van der Waals surface area contributed by atoms with Gasteiger partial charge < -0.3 is 4.74 Å². The maximum atomic E-state index is 13.5. The van der Waals surface area contributed by atoms with Crippen molar-refractivity contribution in [2.45, 2.75) is 51.5 Å². The topological polar surface area (TPSA) is 63.7 Å². The Morgan fingerprint density at radius 2 is 1.57 bits per heavy atom. The molecule has 2 aromatic carbocycles. The minimum Gasteiger partial charge on any atom is -0.462 e. The molecule has 2 aromatic rings. The van der Waals surface area contributed by atoms with Crippen molar-refractivity contribution >= 4 is 37.6 Å². The van der Waals surface area contributed by atoms with Gasteiger partial charge in [-0.25, -0.2) is 8.42 Å². The summed E-state index contributed by atoms with van der Waals surface area (Å²) in [6.07, 6.45) is 0.973. The lowest BCUT2D eigenvalue weighted by Crippen LogP contribution is -2.38. The number of rotatable bonds is 8. The fraction of sp³-hybridized carbons (Fsp3) is 0.381. The van der Waals surface area contributed by atoms with Crippen molar-refractivity contribution in [3.8, 4) is 0 Å². The van der Waals surface area contributed by atoms with Crippen LogP contribution in [0.2, 0.25) is 0 Å². The monoisotopic (exact) mass is 467 g/mol. The SMILES string of the molecule is CCc1cccc(CC)c1N(CC(=O)OC(C)C)S(=O)(=O)c1ccc(Br)cc1. The standard InChI is InChI=1S/C21H26BrNO4S/c1-5-16-8-7-9-17(6-2)21(16)23(14-20(24)27-15(3)4)28(25,26)19-12-10-18(22)11-13-19/h7-13,15H,5-6,14H2,1-4H3. The van der Waals surface area contributed by atoms with E-state index in [2.05, 4.69) is 15.9 Å². The first kappa shape index (κ1) is 22.4. The highest BCUT2D eigenvalue weighted by Gasteiger charge is 2.30. The van der Waals surface area contributed by atoms with Crippen LogP contribution in [0.3, 0.4) is 0 Å². The molecule has 0 aromatic heterocycles. The lowest BCUT2D eigenvalue weighted by molar-refractivity contribution is -0.145. The third-order valence-electron chi connectivity index (χ3n) is 4.26. The van der Waals surface area contributed by atoms with E-state index in [9.17, 15) is 13.2 Å². The smallest absolute Gasteiger partial charge is 0.327 e. The number of ether oxygens (including phenoxy) is 1. The van der Waals surface area contributed by atoms with Crippen molar-refractivity contribution in [2.24, 2.45) is 0 Å². The number of esters is 1. The molecule has 2 rings (SSSR count). The summed E-state index contributed by atoms with van der Waals surface area (Å²) in [5.74, 6) is -0.580. The van der Waals surface area contributed by atoms with E-state index in [1.807, 2.05) is 32.0 Å². The maximum Gasteiger partial charge on any atom is 0.327 e. The van der Waals surface area contributed by atoms with Crippen LogP contribution in [0.25, 0.3) is 0 Å². The van der Waals surface area contributed by atoms with Crippen molar-refractivity contribution in [3.05, 3.63) is 58.1 Å². The van der Waals surface area contributed by atoms with Crippen molar-refractivity contribution in [1.82, 2.24) is 0 Å². The van der Waals surface area contributed by atoms with Gasteiger partial charge in [-0.3, -0.25) is 9.10 Å². The van der Waals surface area contributed by atoms with E-state index in [0.29, 0.717) is 18.5 Å². The fourth-order valence-electron chi connectivity index (χ4n) is 2.97. The number of benzene rings is 2. The third kappa shape index (κ3) is 5.14. The molecule has 0 aliphatic rings. The second kappa shape index (κ2) is 9.56. The molecule has 0 radical (unpaired) electrons. The molecule has 0 heterocycles. The van der Waals surface area contributed by atoms with Gasteiger partial charge in [-0.1, -0.05) is 48.0 Å². The summed E-state index contributed by atoms with van der Waals surface area (Å²) in [4.78, 5) is 12.6. The molecule has 152 valence electrons. The number of sulfonamides is 1. The van der Waals surface area contributed by atoms with Gasteiger partial charge in [-0.2, -0.15) is 0 Å². The zero-order valence-electron chi connectivity index (χ0n) is 16.6. The lowest BCUT2D eigenvalue weighted by atomic mass is 10.0. The van der Waals surface area contributed by atoms with Gasteiger partial charge in [0.15, 0.2) is 0 Å². The van der Waals surface area contributed by atoms with Crippen molar-refractivity contribution < 1.29 is 17.9 Å². The van der Waals surface area contributed by atoms with Crippen LogP contribution in [0.1, 0.15) is 38.8 Å². The summed E-state index contributed by atoms with van der Waals surface area (Å²) in [5.41, 5.74) is 2.31. The molecular formula is C21H26BrNO4S. The van der Waals surface area contributed by atoms with E-state index in [4.69, 9.17) is 4.74 Å². The average molecular weight is 468 g/mol. The summed E-state index contributed by atoms with van der Waals surface area (Å²) < 4.78 is 34.2. The first-order valence-corrected chi connectivity index (χ1v) is 11.5. The van der Waals surface area contributed by atoms with Crippen molar-refractivity contribution in [2.75, 3.05) is 10.8 Å². The molecule has 0 unspecified atom stereocenters. The first-order chi connectivity index (χ1) is 13.2. The summed E-state index contributed by atoms with van der Waals surface area (Å²) in [5, 5.41) is 0. The van der Waals surface area contributed by atoms with Gasteiger partial charge >= 0.3 is 5.97 Å². The van der Waals surface area contributed by atoms with E-state index in [1.54, 1.807) is 26.0 Å². The molecule has 0 N–H and O–H groups in total. The van der Waals surface area contributed by atoms with Crippen LogP contribution in [0, 0.1) is 0 Å². The van der Waals surface area contributed by atoms with Gasteiger partial charge in [-0.15, -0.1) is 0 Å². The average Bonchev–Trinajstić information content (AvgIpc) is 2.65. The molecule has 0 atom stereocenters. The maximum absolute atomic E-state index is 13.5. The molecule has 0 fully saturated rings. The number of para-hydroxylation sites is 1. The molecule has 0 aliphatic carbocycles. The predicted molar refractivity (Wildman–Crippen MR) is 115 cm³/mol. The zero-order valence-corrected chi connectivity index (χ0v) is 19.0. The van der Waals surface area contributed by atoms with Gasteiger partial charge in [-0.05, 0) is 62.1 Å². The Balaban J connectivity index is 2.64. The fourth-order valence-corrected chi connectivity index (χ4v) is 4.72. The van der Waals surface area contributed by atoms with Crippen LogP contribution in [0.4, 0.5) is 5.69 Å². The lowest BCUT2D eigenvalue weighted by Gasteiger charge is -2.28. The number of hydrogen-bond acceptors (Lipinski definition) is 4. The molecule has 0 saturated heterocycles. The zero-order chi connectivity index (χ0) is 20.9. The van der Waals surface area contributed by atoms with Gasteiger partial charge in [0.05, 0.1) is 16.7 Å². The van der Waals surface area contributed by atoms with E-state index < -0.39 is 16.0 Å². The molecule has 0 bridgehead atoms. The van der Waals surface area contributed by atoms with Crippen molar-refractivity contribution in [3.63, 3.8) is 0 Å². The van der Waals surface area contributed by atoms with E-state index in [1.165, 1.54) is 16.4 Å². The molecule has 0 amide bonds. The van der Waals surface area contributed by atoms with E-state index >= 15 is 0 Å². The largest absolute Gasteiger partial charge is 0.462 e. The Morgan fingerprint density at radius 1 is 1.04 bits per heavy atom. The molecule has 28 heavy (non-hydrogen) atoms. The molecule has 0 spiro atoms. The Labute approximate surface area is 175 Å². The number of hydrogen-bond donors (Lipinski definition) is 0. The van der Waals surface area contributed by atoms with Gasteiger partial charge in [0.25, 0.3) is 10.0 Å². The van der Waals surface area contributed by atoms with E-state index in [0.717, 1.165) is 15.6 Å². The number of halogens is 1. The Bertz CT molecular complexity index is 902. The number of nitrogens with zero attached hydrogens (tertiary/aromatic N) is 1. The van der Waals surface area contributed by atoms with Crippen LogP contribution >= 0.6 is 15.9 Å². The summed E-state index contributed by atoms with van der Waals surface area (Å²) in [6.45, 7) is 7.04. The highest BCUT2D eigenvalue weighted by atomic mass is 79.9. The van der Waals surface area contributed by atoms with Crippen LogP contribution in [0.5, 0.6) is 0 Å². The Hall–Kier alpha value is -1.86. The number of anilines is 1. The Kier molecular flexibility index (Phi) is 7.66. The number of aryl methyl sites for hydroxylation is 2. The van der Waals surface area contributed by atoms with E-state index in [-0.39, 0.29) is 17.5 Å². The minimum absolute atomic E-state index is 0.126. The summed E-state index contributed by atoms with van der Waals surface area (Å²) in [6, 6.07) is 12.1. The third-order valence-corrected chi connectivity index (χ3v) is 6.54. The van der Waals surface area contributed by atoms with Gasteiger partial charge in [0.1, 0.15) is 6.54 Å². The molecule has 0 aliphatic heterocycles. The van der Waals surface area contributed by atoms with Gasteiger partial charge in [0, 0.05) is 4.47 Å². The highest BCUT2D eigenvalue weighted by Crippen LogP contribution is 2.32. The second-order valence-electron chi connectivity index (χ2n) is 6.64. The normalized spacial score (nSPS) is 11.5. The second-order valence-corrected chi connectivity index (χ2v) is 9.41. The molecule has 7 heteroatoms. The summed E-state index contributed by atoms with van der Waals surface area (Å²) >= 11 is 3.32. The first-order valence-electron chi connectivity index (χ1n) is 9.29. The van der Waals surface area contributed by atoms with Crippen LogP contribution in [0.15, 0.2) is 51.8 Å². The molecule has 0 saturated carbocycles. The quantitative estimate of drug-likeness (QED) is 0.526. The molecule has 5 nitrogen and oxygen atoms in total. The summed E-state index contributed by atoms with van der Waals surface area (Å²) in [7, 11) is -3.96. The molecular weight excluding hydrogens is 442 g/mol. The predicted octanol–water partition coefficient (Wildman–Crippen LogP) is 4.72. The number of carbonyl (C=O) groups is 1. The number of carbonyl (C=O) groups excluding carboxylic acids is 1. The van der Waals surface area contributed by atoms with Crippen LogP contribution in [-0.4, -0.2) is 27.0 Å². The van der Waals surface area contributed by atoms with Crippen LogP contribution < -0.4 is 4.31 Å². The van der Waals surface area contributed by atoms with Crippen LogP contribution in [-0.2, 0) is 32.4 Å². The highest BCUT2D eigenvalue weighted by molar-refractivity contribution is 9.10. The Morgan fingerprint density at radius 3 is 2.04 bits per heavy atom.